The molecule has 0 aliphatic carbocycles. The lowest BCUT2D eigenvalue weighted by Gasteiger charge is -2.22. The summed E-state index contributed by atoms with van der Waals surface area (Å²) in [5.74, 6) is -0.610. The van der Waals surface area contributed by atoms with Crippen molar-refractivity contribution in [2.75, 3.05) is 7.11 Å². The fourth-order valence-corrected chi connectivity index (χ4v) is 2.82. The minimum absolute atomic E-state index is 0.0687. The maximum absolute atomic E-state index is 12.1. The van der Waals surface area contributed by atoms with E-state index in [0.717, 1.165) is 5.56 Å². The largest absolute Gasteiger partial charge is 0.467 e. The van der Waals surface area contributed by atoms with Crippen LogP contribution in [0.15, 0.2) is 30.7 Å². The molecule has 10 nitrogen and oxygen atoms in total. The van der Waals surface area contributed by atoms with Gasteiger partial charge in [0.25, 0.3) is 5.69 Å². The quantitative estimate of drug-likeness (QED) is 0.416. The van der Waals surface area contributed by atoms with Crippen molar-refractivity contribution in [1.82, 2.24) is 14.9 Å². The van der Waals surface area contributed by atoms with Crippen LogP contribution < -0.4 is 5.32 Å². The lowest BCUT2D eigenvalue weighted by atomic mass is 10.1. The van der Waals surface area contributed by atoms with Gasteiger partial charge in [0.15, 0.2) is 0 Å². The van der Waals surface area contributed by atoms with E-state index in [1.807, 2.05) is 0 Å². The van der Waals surface area contributed by atoms with Crippen molar-refractivity contribution in [3.05, 3.63) is 57.7 Å². The van der Waals surface area contributed by atoms with Crippen LogP contribution in [0.1, 0.15) is 37.6 Å². The highest BCUT2D eigenvalue weighted by Gasteiger charge is 2.26. The van der Waals surface area contributed by atoms with Gasteiger partial charge in [-0.25, -0.2) is 14.6 Å². The molecule has 2 aromatic rings. The summed E-state index contributed by atoms with van der Waals surface area (Å²) in [5.41, 5.74) is 1.39. The molecule has 1 amide bonds. The van der Waals surface area contributed by atoms with Crippen molar-refractivity contribution < 1.29 is 24.0 Å². The van der Waals surface area contributed by atoms with Gasteiger partial charge in [0.2, 0.25) is 0 Å². The summed E-state index contributed by atoms with van der Waals surface area (Å²) >= 11 is 0. The second-order valence-electron chi connectivity index (χ2n) is 7.84. The summed E-state index contributed by atoms with van der Waals surface area (Å²) in [6.07, 6.45) is 2.73. The van der Waals surface area contributed by atoms with Crippen LogP contribution in [0.25, 0.3) is 0 Å². The van der Waals surface area contributed by atoms with Crippen molar-refractivity contribution in [1.29, 1.82) is 0 Å². The Kier molecular flexibility index (Phi) is 7.14. The van der Waals surface area contributed by atoms with Gasteiger partial charge in [-0.2, -0.15) is 0 Å². The zero-order valence-corrected chi connectivity index (χ0v) is 17.7. The van der Waals surface area contributed by atoms with E-state index < -0.39 is 28.6 Å². The highest BCUT2D eigenvalue weighted by atomic mass is 16.6. The van der Waals surface area contributed by atoms with Crippen molar-refractivity contribution >= 4 is 17.7 Å². The first kappa shape index (κ1) is 22.9. The Morgan fingerprint density at radius 1 is 1.33 bits per heavy atom. The average molecular weight is 418 g/mol. The molecule has 0 saturated carbocycles. The summed E-state index contributed by atoms with van der Waals surface area (Å²) in [5, 5.41) is 13.5. The smallest absolute Gasteiger partial charge is 0.408 e. The maximum Gasteiger partial charge on any atom is 0.408 e. The summed E-state index contributed by atoms with van der Waals surface area (Å²) in [7, 11) is 1.24. The predicted octanol–water partition coefficient (Wildman–Crippen LogP) is 2.76. The Morgan fingerprint density at radius 2 is 2.03 bits per heavy atom. The lowest BCUT2D eigenvalue weighted by Crippen LogP contribution is -2.45. The fraction of sp³-hybridized carbons (Fsp3) is 0.450. The lowest BCUT2D eigenvalue weighted by molar-refractivity contribution is -0.385. The number of aromatic nitrogens is 2. The number of rotatable bonds is 7. The Hall–Kier alpha value is -3.43. The molecule has 1 heterocycles. The molecule has 1 aromatic carbocycles. The number of nitrogens with one attached hydrogen (secondary N) is 1. The van der Waals surface area contributed by atoms with Crippen LogP contribution in [0.2, 0.25) is 0 Å². The van der Waals surface area contributed by atoms with E-state index in [1.165, 1.54) is 13.2 Å². The third kappa shape index (κ3) is 6.57. The number of ether oxygens (including phenoxy) is 2. The molecule has 162 valence electrons. The minimum Gasteiger partial charge on any atom is -0.467 e. The van der Waals surface area contributed by atoms with Gasteiger partial charge in [0, 0.05) is 30.8 Å². The molecule has 0 radical (unpaired) electrons. The first-order chi connectivity index (χ1) is 14.0. The van der Waals surface area contributed by atoms with Crippen LogP contribution in [0.3, 0.4) is 0 Å². The normalized spacial score (nSPS) is 12.2. The number of nitro groups is 1. The number of methoxy groups -OCH3 is 1. The van der Waals surface area contributed by atoms with Crippen molar-refractivity contribution in [2.24, 2.45) is 0 Å². The SMILES string of the molecule is COC(=O)[C@H](Cc1cn(Cc2ccc([N+](=O)[O-])c(C)c2)cn1)NC(=O)OC(C)(C)C. The first-order valence-corrected chi connectivity index (χ1v) is 9.30. The third-order valence-electron chi connectivity index (χ3n) is 4.10. The molecule has 1 N–H and O–H groups in total. The second kappa shape index (κ2) is 9.38. The molecule has 2 rings (SSSR count). The molecule has 0 bridgehead atoms. The van der Waals surface area contributed by atoms with Crippen LogP contribution in [0.4, 0.5) is 10.5 Å². The number of hydrogen-bond donors (Lipinski definition) is 1. The standard InChI is InChI=1S/C20H26N4O6/c1-13-8-14(6-7-17(13)24(27)28)10-23-11-15(21-12-23)9-16(18(25)29-5)22-19(26)30-20(2,3)4/h6-8,11-12,16H,9-10H2,1-5H3,(H,22,26)/t16-/m0/s1. The first-order valence-electron chi connectivity index (χ1n) is 9.30. The highest BCUT2D eigenvalue weighted by molar-refractivity contribution is 5.81. The van der Waals surface area contributed by atoms with E-state index in [-0.39, 0.29) is 12.1 Å². The van der Waals surface area contributed by atoms with Crippen molar-refractivity contribution in [3.63, 3.8) is 0 Å². The Labute approximate surface area is 174 Å². The van der Waals surface area contributed by atoms with E-state index in [9.17, 15) is 19.7 Å². The number of hydrogen-bond acceptors (Lipinski definition) is 7. The van der Waals surface area contributed by atoms with Crippen molar-refractivity contribution in [3.8, 4) is 0 Å². The monoisotopic (exact) mass is 418 g/mol. The number of nitrogens with zero attached hydrogens (tertiary/aromatic N) is 3. The molecule has 0 fully saturated rings. The fourth-order valence-electron chi connectivity index (χ4n) is 2.82. The van der Waals surface area contributed by atoms with Gasteiger partial charge >= 0.3 is 12.1 Å². The number of esters is 1. The second-order valence-corrected chi connectivity index (χ2v) is 7.84. The molecule has 30 heavy (non-hydrogen) atoms. The summed E-state index contributed by atoms with van der Waals surface area (Å²) < 4.78 is 11.7. The number of benzene rings is 1. The summed E-state index contributed by atoms with van der Waals surface area (Å²) in [4.78, 5) is 38.9. The number of carbonyl (C=O) groups is 2. The van der Waals surface area contributed by atoms with Crippen LogP contribution in [-0.4, -0.2) is 45.3 Å². The highest BCUT2D eigenvalue weighted by Crippen LogP contribution is 2.19. The number of amides is 1. The number of carbonyl (C=O) groups excluding carboxylic acids is 2. The number of alkyl carbamates (subject to hydrolysis) is 1. The summed E-state index contributed by atoms with van der Waals surface area (Å²) in [6.45, 7) is 7.31. The molecular weight excluding hydrogens is 392 g/mol. The molecule has 0 aliphatic heterocycles. The molecule has 1 atom stereocenters. The van der Waals surface area contributed by atoms with E-state index in [4.69, 9.17) is 9.47 Å². The van der Waals surface area contributed by atoms with Gasteiger partial charge in [0.1, 0.15) is 11.6 Å². The maximum atomic E-state index is 12.1. The van der Waals surface area contributed by atoms with Gasteiger partial charge in [-0.05, 0) is 39.3 Å². The topological polar surface area (TPSA) is 126 Å². The van der Waals surface area contributed by atoms with Gasteiger partial charge in [-0.15, -0.1) is 0 Å². The van der Waals surface area contributed by atoms with E-state index in [1.54, 1.807) is 56.9 Å². The molecule has 0 spiro atoms. The average Bonchev–Trinajstić information content (AvgIpc) is 3.05. The Bertz CT molecular complexity index is 932. The van der Waals surface area contributed by atoms with Gasteiger partial charge < -0.3 is 19.4 Å². The minimum atomic E-state index is -0.949. The van der Waals surface area contributed by atoms with Gasteiger partial charge in [-0.1, -0.05) is 6.07 Å². The van der Waals surface area contributed by atoms with Gasteiger partial charge in [-0.3, -0.25) is 10.1 Å². The van der Waals surface area contributed by atoms with Crippen LogP contribution in [0, 0.1) is 17.0 Å². The summed E-state index contributed by atoms with van der Waals surface area (Å²) in [6, 6.07) is 3.96. The zero-order valence-electron chi connectivity index (χ0n) is 17.7. The van der Waals surface area contributed by atoms with Crippen LogP contribution in [-0.2, 0) is 27.2 Å². The van der Waals surface area contributed by atoms with Crippen molar-refractivity contribution in [2.45, 2.75) is 52.3 Å². The van der Waals surface area contributed by atoms with E-state index >= 15 is 0 Å². The van der Waals surface area contributed by atoms with Gasteiger partial charge in [0.05, 0.1) is 24.1 Å². The predicted molar refractivity (Wildman–Crippen MR) is 108 cm³/mol. The number of imidazole rings is 1. The Balaban J connectivity index is 2.07. The van der Waals surface area contributed by atoms with E-state index in [2.05, 4.69) is 10.3 Å². The molecule has 0 saturated heterocycles. The number of nitro benzene ring substituents is 1. The Morgan fingerprint density at radius 3 is 2.60 bits per heavy atom. The molecule has 0 aliphatic rings. The third-order valence-corrected chi connectivity index (χ3v) is 4.10. The molecule has 1 aromatic heterocycles. The van der Waals surface area contributed by atoms with Crippen LogP contribution in [0.5, 0.6) is 0 Å². The van der Waals surface area contributed by atoms with Crippen LogP contribution >= 0.6 is 0 Å². The molecule has 0 unspecified atom stereocenters. The molecule has 10 heteroatoms. The zero-order chi connectivity index (χ0) is 22.5. The number of aryl methyl sites for hydroxylation is 1. The molecular formula is C20H26N4O6. The van der Waals surface area contributed by atoms with E-state index in [0.29, 0.717) is 17.8 Å².